The maximum absolute atomic E-state index is 12.4. The highest BCUT2D eigenvalue weighted by Crippen LogP contribution is 2.21. The second kappa shape index (κ2) is 6.83. The van der Waals surface area contributed by atoms with Crippen molar-refractivity contribution in [2.75, 3.05) is 11.9 Å². The predicted molar refractivity (Wildman–Crippen MR) is 90.2 cm³/mol. The van der Waals surface area contributed by atoms with E-state index in [1.165, 1.54) is 0 Å². The van der Waals surface area contributed by atoms with Crippen LogP contribution in [-0.4, -0.2) is 39.3 Å². The van der Waals surface area contributed by atoms with E-state index in [1.54, 1.807) is 11.8 Å². The Bertz CT molecular complexity index is 646. The highest BCUT2D eigenvalue weighted by Gasteiger charge is 2.18. The number of carbonyl (C=O) groups excluding carboxylic acids is 1. The Labute approximate surface area is 131 Å². The maximum atomic E-state index is 12.4. The van der Waals surface area contributed by atoms with E-state index in [4.69, 9.17) is 0 Å². The lowest BCUT2D eigenvalue weighted by atomic mass is 10.2. The molecule has 0 saturated heterocycles. The van der Waals surface area contributed by atoms with Gasteiger partial charge in [0.1, 0.15) is 0 Å². The van der Waals surface area contributed by atoms with Crippen molar-refractivity contribution < 1.29 is 9.90 Å². The van der Waals surface area contributed by atoms with Crippen molar-refractivity contribution >= 4 is 22.6 Å². The van der Waals surface area contributed by atoms with Gasteiger partial charge in [0.05, 0.1) is 11.6 Å². The number of nitrogens with one attached hydrogen (secondary N) is 1. The minimum absolute atomic E-state index is 0.0258. The number of anilines is 1. The molecule has 0 bridgehead atoms. The molecule has 5 heteroatoms. The van der Waals surface area contributed by atoms with Crippen LogP contribution in [0, 0.1) is 0 Å². The number of fused-ring (bicyclic) bond motifs is 1. The zero-order valence-corrected chi connectivity index (χ0v) is 13.7. The van der Waals surface area contributed by atoms with Crippen LogP contribution in [-0.2, 0) is 6.54 Å². The average Bonchev–Trinajstić information content (AvgIpc) is 2.86. The Balaban J connectivity index is 2.19. The van der Waals surface area contributed by atoms with Crippen molar-refractivity contribution in [1.29, 1.82) is 0 Å². The Morgan fingerprint density at radius 3 is 2.64 bits per heavy atom. The quantitative estimate of drug-likeness (QED) is 0.890. The number of aliphatic hydroxyl groups excluding tert-OH is 1. The van der Waals surface area contributed by atoms with Gasteiger partial charge in [0.15, 0.2) is 0 Å². The van der Waals surface area contributed by atoms with Gasteiger partial charge < -0.3 is 19.9 Å². The molecule has 1 atom stereocenters. The second-order valence-corrected chi connectivity index (χ2v) is 5.90. The maximum Gasteiger partial charge on any atom is 0.322 e. The Morgan fingerprint density at radius 1 is 1.32 bits per heavy atom. The fourth-order valence-corrected chi connectivity index (χ4v) is 2.55. The van der Waals surface area contributed by atoms with Crippen LogP contribution in [0.15, 0.2) is 30.5 Å². The molecule has 0 fully saturated rings. The molecule has 2 N–H and O–H groups in total. The number of nitrogens with zero attached hydrogens (tertiary/aromatic N) is 2. The first-order valence-electron chi connectivity index (χ1n) is 7.77. The summed E-state index contributed by atoms with van der Waals surface area (Å²) >= 11 is 0. The highest BCUT2D eigenvalue weighted by molar-refractivity contribution is 5.93. The molecule has 5 nitrogen and oxygen atoms in total. The summed E-state index contributed by atoms with van der Waals surface area (Å²) in [6, 6.07) is 7.80. The number of amides is 2. The summed E-state index contributed by atoms with van der Waals surface area (Å²) in [5.41, 5.74) is 1.87. The van der Waals surface area contributed by atoms with E-state index in [2.05, 4.69) is 22.9 Å². The molecule has 2 aromatic rings. The van der Waals surface area contributed by atoms with Gasteiger partial charge in [0.2, 0.25) is 0 Å². The van der Waals surface area contributed by atoms with E-state index >= 15 is 0 Å². The Morgan fingerprint density at radius 2 is 2.05 bits per heavy atom. The van der Waals surface area contributed by atoms with Gasteiger partial charge in [0.25, 0.3) is 0 Å². The van der Waals surface area contributed by atoms with E-state index < -0.39 is 6.10 Å². The molecule has 1 heterocycles. The normalized spacial score (nSPS) is 12.6. The SMILES string of the molecule is CCn1ccc2ccc(NC(=O)N(CC(C)O)C(C)C)cc21. The van der Waals surface area contributed by atoms with Crippen LogP contribution in [0.25, 0.3) is 10.9 Å². The van der Waals surface area contributed by atoms with Gasteiger partial charge in [-0.15, -0.1) is 0 Å². The third kappa shape index (κ3) is 3.60. The largest absolute Gasteiger partial charge is 0.392 e. The van der Waals surface area contributed by atoms with Crippen LogP contribution >= 0.6 is 0 Å². The van der Waals surface area contributed by atoms with Crippen LogP contribution in [0.5, 0.6) is 0 Å². The standard InChI is InChI=1S/C17H25N3O2/c1-5-19-9-8-14-6-7-15(10-16(14)19)18-17(22)20(12(2)3)11-13(4)21/h6-10,12-13,21H,5,11H2,1-4H3,(H,18,22). The third-order valence-corrected chi connectivity index (χ3v) is 3.71. The lowest BCUT2D eigenvalue weighted by Crippen LogP contribution is -2.43. The molecule has 0 aliphatic heterocycles. The van der Waals surface area contributed by atoms with Crippen LogP contribution in [0.3, 0.4) is 0 Å². The number of rotatable bonds is 5. The van der Waals surface area contributed by atoms with E-state index in [0.29, 0.717) is 6.54 Å². The van der Waals surface area contributed by atoms with Crippen molar-refractivity contribution in [1.82, 2.24) is 9.47 Å². The molecule has 0 aliphatic carbocycles. The molecule has 1 unspecified atom stereocenters. The summed E-state index contributed by atoms with van der Waals surface area (Å²) in [4.78, 5) is 14.0. The zero-order valence-electron chi connectivity index (χ0n) is 13.7. The molecule has 2 rings (SSSR count). The van der Waals surface area contributed by atoms with Crippen LogP contribution < -0.4 is 5.32 Å². The average molecular weight is 303 g/mol. The fourth-order valence-electron chi connectivity index (χ4n) is 2.55. The molecule has 0 aliphatic rings. The van der Waals surface area contributed by atoms with Crippen molar-refractivity contribution in [2.24, 2.45) is 0 Å². The molecule has 2 amide bonds. The second-order valence-electron chi connectivity index (χ2n) is 5.90. The predicted octanol–water partition coefficient (Wildman–Crippen LogP) is 3.28. The molecule has 1 aromatic heterocycles. The number of hydrogen-bond donors (Lipinski definition) is 2. The number of aryl methyl sites for hydroxylation is 1. The van der Waals surface area contributed by atoms with E-state index in [0.717, 1.165) is 23.1 Å². The first-order valence-corrected chi connectivity index (χ1v) is 7.77. The molecule has 1 aromatic carbocycles. The Kier molecular flexibility index (Phi) is 5.08. The van der Waals surface area contributed by atoms with Gasteiger partial charge in [-0.2, -0.15) is 0 Å². The molecular weight excluding hydrogens is 278 g/mol. The van der Waals surface area contributed by atoms with Gasteiger partial charge in [-0.1, -0.05) is 6.07 Å². The van der Waals surface area contributed by atoms with Crippen molar-refractivity contribution in [3.63, 3.8) is 0 Å². The van der Waals surface area contributed by atoms with Crippen molar-refractivity contribution in [3.05, 3.63) is 30.5 Å². The smallest absolute Gasteiger partial charge is 0.322 e. The molecule has 0 saturated carbocycles. The molecule has 22 heavy (non-hydrogen) atoms. The Hall–Kier alpha value is -2.01. The first kappa shape index (κ1) is 16.4. The number of benzene rings is 1. The van der Waals surface area contributed by atoms with E-state index in [1.807, 2.05) is 38.2 Å². The van der Waals surface area contributed by atoms with E-state index in [-0.39, 0.29) is 12.1 Å². The van der Waals surface area contributed by atoms with Gasteiger partial charge in [-0.3, -0.25) is 0 Å². The fraction of sp³-hybridized carbons (Fsp3) is 0.471. The van der Waals surface area contributed by atoms with Gasteiger partial charge >= 0.3 is 6.03 Å². The number of urea groups is 1. The number of carbonyl (C=O) groups is 1. The van der Waals surface area contributed by atoms with Crippen molar-refractivity contribution in [2.45, 2.75) is 46.4 Å². The van der Waals surface area contributed by atoms with Gasteiger partial charge in [-0.05, 0) is 51.3 Å². The molecule has 0 spiro atoms. The van der Waals surface area contributed by atoms with Crippen LogP contribution in [0.1, 0.15) is 27.7 Å². The summed E-state index contributed by atoms with van der Waals surface area (Å²) < 4.78 is 2.14. The third-order valence-electron chi connectivity index (χ3n) is 3.71. The number of aliphatic hydroxyl groups is 1. The lowest BCUT2D eigenvalue weighted by Gasteiger charge is -2.28. The van der Waals surface area contributed by atoms with E-state index in [9.17, 15) is 9.90 Å². The summed E-state index contributed by atoms with van der Waals surface area (Å²) in [6.45, 7) is 8.86. The summed E-state index contributed by atoms with van der Waals surface area (Å²) in [5, 5.41) is 13.6. The lowest BCUT2D eigenvalue weighted by molar-refractivity contribution is 0.125. The minimum atomic E-state index is -0.548. The topological polar surface area (TPSA) is 57.5 Å². The monoisotopic (exact) mass is 303 g/mol. The molecule has 0 radical (unpaired) electrons. The van der Waals surface area contributed by atoms with Gasteiger partial charge in [-0.25, -0.2) is 4.79 Å². The first-order chi connectivity index (χ1) is 10.4. The van der Waals surface area contributed by atoms with Crippen molar-refractivity contribution in [3.8, 4) is 0 Å². The summed E-state index contributed by atoms with van der Waals surface area (Å²) in [7, 11) is 0. The molecular formula is C17H25N3O2. The minimum Gasteiger partial charge on any atom is -0.392 e. The summed E-state index contributed by atoms with van der Waals surface area (Å²) in [6.07, 6.45) is 1.50. The summed E-state index contributed by atoms with van der Waals surface area (Å²) in [5.74, 6) is 0. The van der Waals surface area contributed by atoms with Crippen LogP contribution in [0.4, 0.5) is 10.5 Å². The van der Waals surface area contributed by atoms with Gasteiger partial charge in [0, 0.05) is 31.0 Å². The molecule has 120 valence electrons. The number of aromatic nitrogens is 1. The zero-order chi connectivity index (χ0) is 16.3. The number of hydrogen-bond acceptors (Lipinski definition) is 2. The van der Waals surface area contributed by atoms with Crippen LogP contribution in [0.2, 0.25) is 0 Å². The highest BCUT2D eigenvalue weighted by atomic mass is 16.3.